The number of hydrogen-bond acceptors (Lipinski definition) is 5. The molecule has 3 fully saturated rings. The molecule has 8 heteroatoms. The second-order valence-corrected chi connectivity index (χ2v) is 11.5. The number of likely N-dealkylation sites (tertiary alicyclic amines) is 1. The first-order valence-electron chi connectivity index (χ1n) is 14.6. The molecule has 0 aromatic heterocycles. The molecule has 3 aliphatic heterocycles. The number of rotatable bonds is 15. The summed E-state index contributed by atoms with van der Waals surface area (Å²) in [6, 6.07) is -1.42. The van der Waals surface area contributed by atoms with Crippen molar-refractivity contribution in [3.05, 3.63) is 25.3 Å². The first-order chi connectivity index (χ1) is 18.1. The SMILES string of the molecule is C=CCN(CCCCC)C(=O)C1N([C@@H](CC)CO)C(=O)[C@@H]2[C@H](C(=O)N(CC=C)CCC)[C@@]3(C)OC12CC3C. The average molecular weight is 532 g/mol. The molecule has 3 rings (SSSR count). The van der Waals surface area contributed by atoms with E-state index in [1.807, 2.05) is 20.8 Å². The fraction of sp³-hybridized carbons (Fsp3) is 0.767. The van der Waals surface area contributed by atoms with E-state index >= 15 is 0 Å². The van der Waals surface area contributed by atoms with Gasteiger partial charge < -0.3 is 24.5 Å². The van der Waals surface area contributed by atoms with E-state index in [4.69, 9.17) is 4.74 Å². The predicted molar refractivity (Wildman–Crippen MR) is 148 cm³/mol. The highest BCUT2D eigenvalue weighted by Crippen LogP contribution is 2.65. The first kappa shape index (κ1) is 30.4. The topological polar surface area (TPSA) is 90.4 Å². The lowest BCUT2D eigenvalue weighted by atomic mass is 9.62. The van der Waals surface area contributed by atoms with Crippen LogP contribution in [0.2, 0.25) is 0 Å². The Morgan fingerprint density at radius 2 is 1.74 bits per heavy atom. The normalized spacial score (nSPS) is 32.3. The molecule has 3 saturated heterocycles. The maximum Gasteiger partial charge on any atom is 0.248 e. The minimum absolute atomic E-state index is 0.0230. The number of hydrogen-bond donors (Lipinski definition) is 1. The summed E-state index contributed by atoms with van der Waals surface area (Å²) in [6.45, 7) is 19.4. The Bertz CT molecular complexity index is 904. The Hall–Kier alpha value is -2.19. The molecular formula is C30H49N3O5. The largest absolute Gasteiger partial charge is 0.394 e. The molecule has 7 atom stereocenters. The van der Waals surface area contributed by atoms with Crippen molar-refractivity contribution in [1.29, 1.82) is 0 Å². The van der Waals surface area contributed by atoms with Gasteiger partial charge in [-0.1, -0.05) is 52.7 Å². The number of fused-ring (bicyclic) bond motifs is 1. The number of amides is 3. The molecule has 8 nitrogen and oxygen atoms in total. The number of unbranched alkanes of at least 4 members (excludes halogenated alkanes) is 2. The molecule has 3 unspecified atom stereocenters. The summed E-state index contributed by atoms with van der Waals surface area (Å²) in [5, 5.41) is 10.3. The van der Waals surface area contributed by atoms with Gasteiger partial charge in [0.15, 0.2) is 0 Å². The summed E-state index contributed by atoms with van der Waals surface area (Å²) in [5.74, 6) is -2.03. The Kier molecular flexibility index (Phi) is 9.85. The second-order valence-electron chi connectivity index (χ2n) is 11.5. The van der Waals surface area contributed by atoms with Gasteiger partial charge in [-0.25, -0.2) is 0 Å². The number of aliphatic hydroxyl groups excluding tert-OH is 1. The Morgan fingerprint density at radius 1 is 1.11 bits per heavy atom. The van der Waals surface area contributed by atoms with Crippen molar-refractivity contribution in [3.8, 4) is 0 Å². The van der Waals surface area contributed by atoms with Crippen molar-refractivity contribution in [3.63, 3.8) is 0 Å². The Morgan fingerprint density at radius 3 is 2.26 bits per heavy atom. The maximum absolute atomic E-state index is 14.4. The van der Waals surface area contributed by atoms with Crippen LogP contribution in [-0.2, 0) is 19.1 Å². The molecule has 3 amide bonds. The van der Waals surface area contributed by atoms with Crippen molar-refractivity contribution < 1.29 is 24.2 Å². The van der Waals surface area contributed by atoms with Crippen molar-refractivity contribution in [1.82, 2.24) is 14.7 Å². The summed E-state index contributed by atoms with van der Waals surface area (Å²) < 4.78 is 6.86. The molecule has 3 heterocycles. The minimum Gasteiger partial charge on any atom is -0.394 e. The monoisotopic (exact) mass is 531 g/mol. The zero-order valence-electron chi connectivity index (χ0n) is 24.2. The Balaban J connectivity index is 2.13. The van der Waals surface area contributed by atoms with Crippen LogP contribution in [0.5, 0.6) is 0 Å². The van der Waals surface area contributed by atoms with E-state index in [-0.39, 0.29) is 30.2 Å². The van der Waals surface area contributed by atoms with Crippen LogP contribution in [0, 0.1) is 17.8 Å². The highest BCUT2D eigenvalue weighted by Gasteiger charge is 2.80. The fourth-order valence-electron chi connectivity index (χ4n) is 7.23. The van der Waals surface area contributed by atoms with Crippen LogP contribution in [0.15, 0.2) is 25.3 Å². The highest BCUT2D eigenvalue weighted by molar-refractivity contribution is 5.99. The lowest BCUT2D eigenvalue weighted by Gasteiger charge is -2.39. The number of carbonyl (C=O) groups is 3. The van der Waals surface area contributed by atoms with Crippen LogP contribution in [0.25, 0.3) is 0 Å². The lowest BCUT2D eigenvalue weighted by Crippen LogP contribution is -2.59. The van der Waals surface area contributed by atoms with Crippen LogP contribution in [-0.4, -0.2) is 93.6 Å². The number of carbonyl (C=O) groups excluding carboxylic acids is 3. The number of ether oxygens (including phenoxy) is 1. The van der Waals surface area contributed by atoms with Crippen LogP contribution in [0.3, 0.4) is 0 Å². The van der Waals surface area contributed by atoms with Crippen LogP contribution < -0.4 is 0 Å². The molecule has 214 valence electrons. The summed E-state index contributed by atoms with van der Waals surface area (Å²) >= 11 is 0. The third-order valence-electron chi connectivity index (χ3n) is 9.18. The van der Waals surface area contributed by atoms with Gasteiger partial charge in [-0.15, -0.1) is 13.2 Å². The molecule has 0 radical (unpaired) electrons. The quantitative estimate of drug-likeness (QED) is 0.258. The third-order valence-corrected chi connectivity index (χ3v) is 9.18. The first-order valence-corrected chi connectivity index (χ1v) is 14.6. The lowest BCUT2D eigenvalue weighted by molar-refractivity contribution is -0.157. The van der Waals surface area contributed by atoms with E-state index in [1.54, 1.807) is 26.9 Å². The van der Waals surface area contributed by atoms with E-state index < -0.39 is 35.1 Å². The van der Waals surface area contributed by atoms with Crippen molar-refractivity contribution >= 4 is 17.7 Å². The van der Waals surface area contributed by atoms with Gasteiger partial charge in [0.2, 0.25) is 17.7 Å². The van der Waals surface area contributed by atoms with Gasteiger partial charge in [0.05, 0.1) is 30.1 Å². The van der Waals surface area contributed by atoms with Gasteiger partial charge in [0.1, 0.15) is 11.6 Å². The van der Waals surface area contributed by atoms with Gasteiger partial charge in [0.25, 0.3) is 0 Å². The highest BCUT2D eigenvalue weighted by atomic mass is 16.5. The molecule has 0 aromatic carbocycles. The van der Waals surface area contributed by atoms with E-state index in [9.17, 15) is 19.5 Å². The summed E-state index contributed by atoms with van der Waals surface area (Å²) in [7, 11) is 0. The van der Waals surface area contributed by atoms with Gasteiger partial charge in [-0.3, -0.25) is 14.4 Å². The molecule has 3 aliphatic rings. The van der Waals surface area contributed by atoms with Gasteiger partial charge in [0, 0.05) is 26.2 Å². The zero-order chi connectivity index (χ0) is 28.3. The summed E-state index contributed by atoms with van der Waals surface area (Å²) in [6.07, 6.45) is 8.10. The van der Waals surface area contributed by atoms with Crippen LogP contribution in [0.1, 0.15) is 73.1 Å². The predicted octanol–water partition coefficient (Wildman–Crippen LogP) is 3.40. The smallest absolute Gasteiger partial charge is 0.248 e. The van der Waals surface area contributed by atoms with Crippen molar-refractivity contribution in [2.24, 2.45) is 17.8 Å². The number of nitrogens with zero attached hydrogens (tertiary/aromatic N) is 3. The molecule has 0 saturated carbocycles. The molecule has 0 aromatic rings. The van der Waals surface area contributed by atoms with E-state index in [1.165, 1.54) is 0 Å². The van der Waals surface area contributed by atoms with E-state index in [0.717, 1.165) is 25.7 Å². The molecule has 2 bridgehead atoms. The van der Waals surface area contributed by atoms with E-state index in [0.29, 0.717) is 39.0 Å². The standard InChI is InChI=1S/C30H49N3O5/c1-8-13-14-18-32(17-11-4)28(37)25-30-19-21(6)29(7,38-30)23(26(35)31(15-9-2)16-10-3)24(30)27(36)33(25)22(12-5)20-34/h9,11,21-25,34H,2,4,8,10,12-20H2,1,3,5-7H3/t21?,22-,23+,24-,25?,29-,30?/m0/s1. The van der Waals surface area contributed by atoms with Gasteiger partial charge in [-0.05, 0) is 38.5 Å². The minimum atomic E-state index is -1.11. The zero-order valence-corrected chi connectivity index (χ0v) is 24.2. The summed E-state index contributed by atoms with van der Waals surface area (Å²) in [4.78, 5) is 48.0. The third kappa shape index (κ3) is 4.83. The second kappa shape index (κ2) is 12.3. The molecule has 0 aliphatic carbocycles. The van der Waals surface area contributed by atoms with E-state index in [2.05, 4.69) is 27.0 Å². The summed E-state index contributed by atoms with van der Waals surface area (Å²) in [5.41, 5.74) is -1.97. The van der Waals surface area contributed by atoms with Crippen molar-refractivity contribution in [2.45, 2.75) is 96.4 Å². The molecule has 38 heavy (non-hydrogen) atoms. The van der Waals surface area contributed by atoms with Crippen LogP contribution >= 0.6 is 0 Å². The van der Waals surface area contributed by atoms with Gasteiger partial charge >= 0.3 is 0 Å². The Labute approximate surface area is 229 Å². The van der Waals surface area contributed by atoms with Crippen LogP contribution in [0.4, 0.5) is 0 Å². The van der Waals surface area contributed by atoms with Gasteiger partial charge in [-0.2, -0.15) is 0 Å². The molecule has 1 N–H and O–H groups in total. The number of aliphatic hydroxyl groups is 1. The maximum atomic E-state index is 14.4. The molecule has 1 spiro atoms. The fourth-order valence-corrected chi connectivity index (χ4v) is 7.23. The average Bonchev–Trinajstić information content (AvgIpc) is 3.40. The van der Waals surface area contributed by atoms with Crippen molar-refractivity contribution in [2.75, 3.05) is 32.8 Å². The molecular weight excluding hydrogens is 482 g/mol.